The summed E-state index contributed by atoms with van der Waals surface area (Å²) in [5.41, 5.74) is 3.08. The van der Waals surface area contributed by atoms with Crippen LogP contribution >= 0.6 is 11.6 Å². The normalized spacial score (nSPS) is 10.4. The first-order valence-corrected chi connectivity index (χ1v) is 8.70. The maximum atomic E-state index is 12.4. The summed E-state index contributed by atoms with van der Waals surface area (Å²) in [6, 6.07) is 15.2. The highest BCUT2D eigenvalue weighted by Crippen LogP contribution is 2.09. The Morgan fingerprint density at radius 3 is 2.20 bits per heavy atom. The van der Waals surface area contributed by atoms with Gasteiger partial charge in [-0.1, -0.05) is 53.6 Å². The molecule has 0 unspecified atom stereocenters. The predicted molar refractivity (Wildman–Crippen MR) is 100 cm³/mol. The van der Waals surface area contributed by atoms with Crippen molar-refractivity contribution in [2.45, 2.75) is 26.8 Å². The number of hydrogen-bond donors (Lipinski definition) is 1. The largest absolute Gasteiger partial charge is 0.350 e. The van der Waals surface area contributed by atoms with Crippen LogP contribution in [0.5, 0.6) is 0 Å². The lowest BCUT2D eigenvalue weighted by molar-refractivity contribution is -0.135. The van der Waals surface area contributed by atoms with Crippen molar-refractivity contribution in [3.8, 4) is 0 Å². The minimum absolute atomic E-state index is 0.0482. The first kappa shape index (κ1) is 19.0. The molecule has 2 aromatic carbocycles. The van der Waals surface area contributed by atoms with Crippen molar-refractivity contribution in [2.24, 2.45) is 0 Å². The number of likely N-dealkylation sites (N-methyl/N-ethyl adjacent to an activating group) is 1. The van der Waals surface area contributed by atoms with Crippen LogP contribution in [-0.2, 0) is 22.6 Å². The number of amides is 2. The van der Waals surface area contributed by atoms with E-state index in [-0.39, 0.29) is 18.4 Å². The van der Waals surface area contributed by atoms with Gasteiger partial charge in [-0.3, -0.25) is 9.59 Å². The van der Waals surface area contributed by atoms with Gasteiger partial charge in [0.1, 0.15) is 0 Å². The van der Waals surface area contributed by atoms with E-state index in [1.807, 2.05) is 50.2 Å². The van der Waals surface area contributed by atoms with Crippen molar-refractivity contribution in [3.63, 3.8) is 0 Å². The first-order chi connectivity index (χ1) is 12.0. The maximum Gasteiger partial charge on any atom is 0.239 e. The quantitative estimate of drug-likeness (QED) is 0.825. The third-order valence-electron chi connectivity index (χ3n) is 3.95. The second kappa shape index (κ2) is 9.23. The molecule has 1 N–H and O–H groups in total. The first-order valence-electron chi connectivity index (χ1n) is 8.32. The summed E-state index contributed by atoms with van der Waals surface area (Å²) >= 11 is 5.84. The molecule has 0 radical (unpaired) electrons. The molecule has 0 aromatic heterocycles. The van der Waals surface area contributed by atoms with E-state index < -0.39 is 0 Å². The van der Waals surface area contributed by atoms with Gasteiger partial charge in [-0.25, -0.2) is 0 Å². The standard InChI is InChI=1S/C20H23ClN2O2/c1-3-23(20(25)12-16-6-4-15(2)5-7-16)14-19(24)22-13-17-8-10-18(21)11-9-17/h4-11H,3,12-14H2,1-2H3,(H,22,24). The number of nitrogens with zero attached hydrogens (tertiary/aromatic N) is 1. The monoisotopic (exact) mass is 358 g/mol. The SMILES string of the molecule is CCN(CC(=O)NCc1ccc(Cl)cc1)C(=O)Cc1ccc(C)cc1. The number of halogens is 1. The number of carbonyl (C=O) groups is 2. The third kappa shape index (κ3) is 6.24. The molecule has 25 heavy (non-hydrogen) atoms. The van der Waals surface area contributed by atoms with Crippen LogP contribution < -0.4 is 5.32 Å². The van der Waals surface area contributed by atoms with Gasteiger partial charge in [0.2, 0.25) is 11.8 Å². The lowest BCUT2D eigenvalue weighted by atomic mass is 10.1. The Morgan fingerprint density at radius 2 is 1.60 bits per heavy atom. The average Bonchev–Trinajstić information content (AvgIpc) is 2.61. The lowest BCUT2D eigenvalue weighted by Crippen LogP contribution is -2.41. The molecule has 4 nitrogen and oxygen atoms in total. The zero-order valence-electron chi connectivity index (χ0n) is 14.6. The Balaban J connectivity index is 1.84. The van der Waals surface area contributed by atoms with Crippen molar-refractivity contribution >= 4 is 23.4 Å². The summed E-state index contributed by atoms with van der Waals surface area (Å²) in [5, 5.41) is 3.49. The summed E-state index contributed by atoms with van der Waals surface area (Å²) in [7, 11) is 0. The average molecular weight is 359 g/mol. The van der Waals surface area contributed by atoms with Crippen LogP contribution in [0.3, 0.4) is 0 Å². The molecular formula is C20H23ClN2O2. The molecule has 0 heterocycles. The highest BCUT2D eigenvalue weighted by atomic mass is 35.5. The van der Waals surface area contributed by atoms with E-state index in [4.69, 9.17) is 11.6 Å². The van der Waals surface area contributed by atoms with Gasteiger partial charge in [0.25, 0.3) is 0 Å². The van der Waals surface area contributed by atoms with Crippen molar-refractivity contribution in [2.75, 3.05) is 13.1 Å². The Kier molecular flexibility index (Phi) is 7.02. The fourth-order valence-electron chi connectivity index (χ4n) is 2.40. The van der Waals surface area contributed by atoms with E-state index in [0.717, 1.165) is 16.7 Å². The number of carbonyl (C=O) groups excluding carboxylic acids is 2. The summed E-state index contributed by atoms with van der Waals surface area (Å²) in [4.78, 5) is 26.1. The van der Waals surface area contributed by atoms with Crippen molar-refractivity contribution in [1.29, 1.82) is 0 Å². The van der Waals surface area contributed by atoms with Gasteiger partial charge in [-0.15, -0.1) is 0 Å². The zero-order chi connectivity index (χ0) is 18.2. The van der Waals surface area contributed by atoms with E-state index >= 15 is 0 Å². The van der Waals surface area contributed by atoms with Crippen molar-refractivity contribution in [1.82, 2.24) is 10.2 Å². The molecular weight excluding hydrogens is 336 g/mol. The number of hydrogen-bond acceptors (Lipinski definition) is 2. The van der Waals surface area contributed by atoms with Crippen LogP contribution in [-0.4, -0.2) is 29.8 Å². The van der Waals surface area contributed by atoms with Crippen LogP contribution in [0.15, 0.2) is 48.5 Å². The summed E-state index contributed by atoms with van der Waals surface area (Å²) < 4.78 is 0. The zero-order valence-corrected chi connectivity index (χ0v) is 15.3. The molecule has 132 valence electrons. The topological polar surface area (TPSA) is 49.4 Å². The molecule has 0 aliphatic carbocycles. The van der Waals surface area contributed by atoms with E-state index in [1.54, 1.807) is 17.0 Å². The fourth-order valence-corrected chi connectivity index (χ4v) is 2.53. The summed E-state index contributed by atoms with van der Waals surface area (Å²) in [6.07, 6.45) is 0.304. The molecule has 0 spiro atoms. The molecule has 5 heteroatoms. The van der Waals surface area contributed by atoms with Gasteiger partial charge in [-0.05, 0) is 37.1 Å². The van der Waals surface area contributed by atoms with Gasteiger partial charge in [0.05, 0.1) is 13.0 Å². The van der Waals surface area contributed by atoms with E-state index in [9.17, 15) is 9.59 Å². The van der Waals surface area contributed by atoms with E-state index in [2.05, 4.69) is 5.32 Å². The van der Waals surface area contributed by atoms with Crippen molar-refractivity contribution in [3.05, 3.63) is 70.2 Å². The minimum Gasteiger partial charge on any atom is -0.350 e. The molecule has 0 bridgehead atoms. The number of benzene rings is 2. The molecule has 0 aliphatic rings. The van der Waals surface area contributed by atoms with Crippen LogP contribution in [0.1, 0.15) is 23.6 Å². The molecule has 0 aliphatic heterocycles. The number of rotatable bonds is 7. The van der Waals surface area contributed by atoms with Gasteiger partial charge in [-0.2, -0.15) is 0 Å². The van der Waals surface area contributed by atoms with Crippen molar-refractivity contribution < 1.29 is 9.59 Å². The van der Waals surface area contributed by atoms with Crippen LogP contribution in [0.4, 0.5) is 0 Å². The summed E-state index contributed by atoms with van der Waals surface area (Å²) in [5.74, 6) is -0.220. The Bertz CT molecular complexity index is 711. The molecule has 2 aromatic rings. The molecule has 0 atom stereocenters. The predicted octanol–water partition coefficient (Wildman–Crippen LogP) is 3.36. The lowest BCUT2D eigenvalue weighted by Gasteiger charge is -2.20. The minimum atomic E-state index is -0.172. The second-order valence-corrected chi connectivity index (χ2v) is 6.41. The van der Waals surface area contributed by atoms with Crippen LogP contribution in [0.2, 0.25) is 5.02 Å². The number of aryl methyl sites for hydroxylation is 1. The molecule has 0 saturated carbocycles. The Labute approximate surface area is 153 Å². The fraction of sp³-hybridized carbons (Fsp3) is 0.300. The Morgan fingerprint density at radius 1 is 1.00 bits per heavy atom. The van der Waals surface area contributed by atoms with Crippen LogP contribution in [0.25, 0.3) is 0 Å². The summed E-state index contributed by atoms with van der Waals surface area (Å²) in [6.45, 7) is 4.86. The molecule has 2 amide bonds. The van der Waals surface area contributed by atoms with E-state index in [0.29, 0.717) is 24.5 Å². The van der Waals surface area contributed by atoms with Gasteiger partial charge in [0.15, 0.2) is 0 Å². The van der Waals surface area contributed by atoms with Gasteiger partial charge < -0.3 is 10.2 Å². The van der Waals surface area contributed by atoms with Crippen LogP contribution in [0, 0.1) is 6.92 Å². The van der Waals surface area contributed by atoms with Gasteiger partial charge >= 0.3 is 0 Å². The van der Waals surface area contributed by atoms with E-state index in [1.165, 1.54) is 0 Å². The highest BCUT2D eigenvalue weighted by Gasteiger charge is 2.15. The third-order valence-corrected chi connectivity index (χ3v) is 4.20. The maximum absolute atomic E-state index is 12.4. The molecule has 0 fully saturated rings. The molecule has 0 saturated heterocycles. The second-order valence-electron chi connectivity index (χ2n) is 5.97. The Hall–Kier alpha value is -2.33. The molecule has 2 rings (SSSR count). The smallest absolute Gasteiger partial charge is 0.239 e. The number of nitrogens with one attached hydrogen (secondary N) is 1. The highest BCUT2D eigenvalue weighted by molar-refractivity contribution is 6.30. The van der Waals surface area contributed by atoms with Gasteiger partial charge in [0, 0.05) is 18.1 Å².